The Morgan fingerprint density at radius 2 is 1.81 bits per heavy atom. The highest BCUT2D eigenvalue weighted by Gasteiger charge is 2.11. The second-order valence-electron chi connectivity index (χ2n) is 5.86. The molecule has 0 aliphatic rings. The minimum absolute atomic E-state index is 0.0192. The number of thiophene rings is 1. The summed E-state index contributed by atoms with van der Waals surface area (Å²) in [5.74, 6) is -0.215. The second kappa shape index (κ2) is 9.72. The normalized spacial score (nSPS) is 10.2. The zero-order valence-electron chi connectivity index (χ0n) is 15.0. The third-order valence-corrected chi connectivity index (χ3v) is 4.76. The highest BCUT2D eigenvalue weighted by Crippen LogP contribution is 2.09. The van der Waals surface area contributed by atoms with Gasteiger partial charge in [0.25, 0.3) is 11.8 Å². The largest absolute Gasteiger partial charge is 0.355 e. The molecule has 7 heteroatoms. The molecule has 0 aliphatic heterocycles. The molecule has 0 radical (unpaired) electrons. The molecule has 0 unspecified atom stereocenters. The van der Waals surface area contributed by atoms with Crippen molar-refractivity contribution in [3.05, 3.63) is 57.8 Å². The topological polar surface area (TPSA) is 78.5 Å². The Hall–Kier alpha value is -2.67. The van der Waals surface area contributed by atoms with E-state index in [0.717, 1.165) is 5.56 Å². The molecule has 2 rings (SSSR count). The Morgan fingerprint density at radius 1 is 1.08 bits per heavy atom. The lowest BCUT2D eigenvalue weighted by Gasteiger charge is -2.17. The van der Waals surface area contributed by atoms with Gasteiger partial charge in [-0.15, -0.1) is 11.3 Å². The summed E-state index contributed by atoms with van der Waals surface area (Å²) >= 11 is 1.39. The van der Waals surface area contributed by atoms with Gasteiger partial charge in [0, 0.05) is 39.2 Å². The molecule has 3 amide bonds. The van der Waals surface area contributed by atoms with Crippen LogP contribution in [0.3, 0.4) is 0 Å². The summed E-state index contributed by atoms with van der Waals surface area (Å²) in [6, 6.07) is 10.8. The van der Waals surface area contributed by atoms with Crippen molar-refractivity contribution in [3.8, 4) is 0 Å². The first-order chi connectivity index (χ1) is 12.5. The average Bonchev–Trinajstić information content (AvgIpc) is 3.19. The van der Waals surface area contributed by atoms with Crippen LogP contribution in [-0.4, -0.2) is 43.3 Å². The molecule has 0 aliphatic carbocycles. The van der Waals surface area contributed by atoms with E-state index < -0.39 is 0 Å². The first kappa shape index (κ1) is 19.7. The Morgan fingerprint density at radius 3 is 2.42 bits per heavy atom. The van der Waals surface area contributed by atoms with Gasteiger partial charge in [0.05, 0.1) is 4.88 Å². The molecule has 0 atom stereocenters. The maximum Gasteiger partial charge on any atom is 0.261 e. The molecular formula is C19H23N3O3S. The third kappa shape index (κ3) is 5.70. The standard InChI is InChI=1S/C19H23N3O3S/c1-20-18(24)15-9-7-14(8-10-15)13-22(2)17(23)6-3-11-21-19(25)16-5-4-12-26-16/h4-5,7-10,12H,3,6,11,13H2,1-2H3,(H,20,24)(H,21,25). The highest BCUT2D eigenvalue weighted by molar-refractivity contribution is 7.12. The minimum atomic E-state index is -0.134. The smallest absolute Gasteiger partial charge is 0.261 e. The number of hydrogen-bond acceptors (Lipinski definition) is 4. The fourth-order valence-electron chi connectivity index (χ4n) is 2.40. The van der Waals surface area contributed by atoms with Gasteiger partial charge in [-0.1, -0.05) is 18.2 Å². The van der Waals surface area contributed by atoms with Crippen LogP contribution >= 0.6 is 11.3 Å². The lowest BCUT2D eigenvalue weighted by molar-refractivity contribution is -0.130. The lowest BCUT2D eigenvalue weighted by Crippen LogP contribution is -2.28. The molecular weight excluding hydrogens is 350 g/mol. The zero-order chi connectivity index (χ0) is 18.9. The Kier molecular flexibility index (Phi) is 7.35. The third-order valence-electron chi connectivity index (χ3n) is 3.89. The van der Waals surface area contributed by atoms with Crippen molar-refractivity contribution in [1.29, 1.82) is 0 Å². The van der Waals surface area contributed by atoms with Gasteiger partial charge in [0.2, 0.25) is 5.91 Å². The molecule has 0 spiro atoms. The predicted octanol–water partition coefficient (Wildman–Crippen LogP) is 2.28. The van der Waals surface area contributed by atoms with Gasteiger partial charge in [-0.25, -0.2) is 0 Å². The monoisotopic (exact) mass is 373 g/mol. The molecule has 1 aromatic carbocycles. The first-order valence-corrected chi connectivity index (χ1v) is 9.26. The van der Waals surface area contributed by atoms with Crippen molar-refractivity contribution in [2.75, 3.05) is 20.6 Å². The fraction of sp³-hybridized carbons (Fsp3) is 0.316. The number of carbonyl (C=O) groups is 3. The van der Waals surface area contributed by atoms with Crippen molar-refractivity contribution in [2.45, 2.75) is 19.4 Å². The number of amides is 3. The van der Waals surface area contributed by atoms with Crippen molar-refractivity contribution >= 4 is 29.1 Å². The van der Waals surface area contributed by atoms with Crippen LogP contribution < -0.4 is 10.6 Å². The van der Waals surface area contributed by atoms with E-state index in [2.05, 4.69) is 10.6 Å². The summed E-state index contributed by atoms with van der Waals surface area (Å²) in [7, 11) is 3.34. The van der Waals surface area contributed by atoms with Crippen LogP contribution in [-0.2, 0) is 11.3 Å². The number of rotatable bonds is 8. The summed E-state index contributed by atoms with van der Waals surface area (Å²) in [4.78, 5) is 37.8. The quantitative estimate of drug-likeness (QED) is 0.697. The summed E-state index contributed by atoms with van der Waals surface area (Å²) in [5.41, 5.74) is 1.55. The zero-order valence-corrected chi connectivity index (χ0v) is 15.8. The van der Waals surface area contributed by atoms with Crippen LogP contribution in [0, 0.1) is 0 Å². The molecule has 0 fully saturated rings. The van der Waals surface area contributed by atoms with Crippen LogP contribution in [0.15, 0.2) is 41.8 Å². The number of carbonyl (C=O) groups excluding carboxylic acids is 3. The van der Waals surface area contributed by atoms with Crippen molar-refractivity contribution in [1.82, 2.24) is 15.5 Å². The van der Waals surface area contributed by atoms with Gasteiger partial charge < -0.3 is 15.5 Å². The van der Waals surface area contributed by atoms with E-state index in [9.17, 15) is 14.4 Å². The SMILES string of the molecule is CNC(=O)c1ccc(CN(C)C(=O)CCCNC(=O)c2cccs2)cc1. The van der Waals surface area contributed by atoms with Gasteiger partial charge in [-0.2, -0.15) is 0 Å². The summed E-state index contributed by atoms with van der Waals surface area (Å²) < 4.78 is 0. The maximum atomic E-state index is 12.2. The number of nitrogens with zero attached hydrogens (tertiary/aromatic N) is 1. The Labute approximate surface area is 157 Å². The molecule has 1 heterocycles. The maximum absolute atomic E-state index is 12.2. The first-order valence-electron chi connectivity index (χ1n) is 8.38. The molecule has 0 bridgehead atoms. The number of nitrogens with one attached hydrogen (secondary N) is 2. The molecule has 0 saturated heterocycles. The number of hydrogen-bond donors (Lipinski definition) is 2. The molecule has 2 aromatic rings. The van der Waals surface area contributed by atoms with Crippen LogP contribution in [0.1, 0.15) is 38.4 Å². The van der Waals surface area contributed by atoms with Crippen LogP contribution in [0.4, 0.5) is 0 Å². The van der Waals surface area contributed by atoms with E-state index in [1.807, 2.05) is 23.6 Å². The van der Waals surface area contributed by atoms with Gasteiger partial charge in [-0.05, 0) is 35.6 Å². The Balaban J connectivity index is 1.71. The van der Waals surface area contributed by atoms with E-state index in [1.165, 1.54) is 11.3 Å². The van der Waals surface area contributed by atoms with Gasteiger partial charge >= 0.3 is 0 Å². The van der Waals surface area contributed by atoms with E-state index >= 15 is 0 Å². The van der Waals surface area contributed by atoms with Gasteiger partial charge in [-0.3, -0.25) is 14.4 Å². The average molecular weight is 373 g/mol. The summed E-state index contributed by atoms with van der Waals surface area (Å²) in [6.45, 7) is 0.950. The van der Waals surface area contributed by atoms with Gasteiger partial charge in [0.1, 0.15) is 0 Å². The molecule has 0 saturated carbocycles. The number of benzene rings is 1. The summed E-state index contributed by atoms with van der Waals surface area (Å²) in [6.07, 6.45) is 0.966. The van der Waals surface area contributed by atoms with Gasteiger partial charge in [0.15, 0.2) is 0 Å². The Bertz CT molecular complexity index is 742. The molecule has 6 nitrogen and oxygen atoms in total. The molecule has 138 valence electrons. The predicted molar refractivity (Wildman–Crippen MR) is 102 cm³/mol. The molecule has 26 heavy (non-hydrogen) atoms. The van der Waals surface area contributed by atoms with Crippen molar-refractivity contribution < 1.29 is 14.4 Å². The van der Waals surface area contributed by atoms with Crippen molar-refractivity contribution in [3.63, 3.8) is 0 Å². The van der Waals surface area contributed by atoms with Crippen LogP contribution in [0.5, 0.6) is 0 Å². The fourth-order valence-corrected chi connectivity index (χ4v) is 3.04. The van der Waals surface area contributed by atoms with Crippen LogP contribution in [0.25, 0.3) is 0 Å². The molecule has 1 aromatic heterocycles. The van der Waals surface area contributed by atoms with E-state index in [1.54, 1.807) is 37.2 Å². The summed E-state index contributed by atoms with van der Waals surface area (Å²) in [5, 5.41) is 7.24. The van der Waals surface area contributed by atoms with E-state index in [4.69, 9.17) is 0 Å². The van der Waals surface area contributed by atoms with Crippen LogP contribution in [0.2, 0.25) is 0 Å². The minimum Gasteiger partial charge on any atom is -0.355 e. The lowest BCUT2D eigenvalue weighted by atomic mass is 10.1. The van der Waals surface area contributed by atoms with E-state index in [0.29, 0.717) is 36.4 Å². The highest BCUT2D eigenvalue weighted by atomic mass is 32.1. The van der Waals surface area contributed by atoms with Crippen molar-refractivity contribution in [2.24, 2.45) is 0 Å². The molecule has 2 N–H and O–H groups in total. The second-order valence-corrected chi connectivity index (χ2v) is 6.81. The van der Waals surface area contributed by atoms with E-state index in [-0.39, 0.29) is 17.7 Å².